The van der Waals surface area contributed by atoms with Crippen molar-refractivity contribution in [2.24, 2.45) is 0 Å². The molecule has 1 aromatic heterocycles. The molecule has 0 bridgehead atoms. The molecule has 0 saturated carbocycles. The summed E-state index contributed by atoms with van der Waals surface area (Å²) >= 11 is 7.51. The number of aromatic nitrogens is 1. The number of thiazole rings is 1. The molecule has 0 N–H and O–H groups in total. The lowest BCUT2D eigenvalue weighted by Gasteiger charge is -2.22. The first-order valence-electron chi connectivity index (χ1n) is 8.48. The Balaban J connectivity index is 0.00000300. The Labute approximate surface area is 185 Å². The van der Waals surface area contributed by atoms with Gasteiger partial charge in [-0.05, 0) is 44.4 Å². The Bertz CT molecular complexity index is 1130. The van der Waals surface area contributed by atoms with E-state index in [0.717, 1.165) is 0 Å². The molecule has 1 amide bonds. The van der Waals surface area contributed by atoms with E-state index in [1.807, 2.05) is 19.0 Å². The number of hydrogen-bond donors (Lipinski definition) is 0. The zero-order valence-corrected chi connectivity index (χ0v) is 19.3. The van der Waals surface area contributed by atoms with Crippen molar-refractivity contribution >= 4 is 66.4 Å². The average Bonchev–Trinajstić information content (AvgIpc) is 3.04. The molecule has 0 aliphatic carbocycles. The number of carbonyl (C=O) groups excluding carboxylic acids is 1. The second-order valence-corrected chi connectivity index (χ2v) is 10.1. The molecule has 0 aliphatic heterocycles. The predicted molar refractivity (Wildman–Crippen MR) is 122 cm³/mol. The van der Waals surface area contributed by atoms with Gasteiger partial charge in [0, 0.05) is 19.3 Å². The normalized spacial score (nSPS) is 11.5. The third-order valence-corrected chi connectivity index (χ3v) is 6.61. The number of amides is 1. The highest BCUT2D eigenvalue weighted by atomic mass is 35.5. The Morgan fingerprint density at radius 2 is 1.83 bits per heavy atom. The largest absolute Gasteiger partial charge is 0.308 e. The van der Waals surface area contributed by atoms with Gasteiger partial charge in [-0.3, -0.25) is 9.69 Å². The number of nitrogens with zero attached hydrogens (tertiary/aromatic N) is 3. The molecule has 0 radical (unpaired) electrons. The Hall–Kier alpha value is -1.71. The molecule has 0 spiro atoms. The minimum Gasteiger partial charge on any atom is -0.308 e. The molecule has 0 aliphatic rings. The molecule has 1 heterocycles. The molecule has 0 unspecified atom stereocenters. The molecular weight excluding hydrogens is 453 g/mol. The maximum Gasteiger partial charge on any atom is 0.261 e. The molecular formula is C19H21Cl2N3O3S2. The maximum absolute atomic E-state index is 13.2. The third kappa shape index (κ3) is 5.46. The number of hydrogen-bond acceptors (Lipinski definition) is 6. The molecule has 3 rings (SSSR count). The Kier molecular flexibility index (Phi) is 7.64. The number of benzene rings is 2. The van der Waals surface area contributed by atoms with Gasteiger partial charge in [-0.15, -0.1) is 12.4 Å². The van der Waals surface area contributed by atoms with Crippen molar-refractivity contribution in [3.05, 3.63) is 53.1 Å². The summed E-state index contributed by atoms with van der Waals surface area (Å²) in [4.78, 5) is 21.5. The predicted octanol–water partition coefficient (Wildman–Crippen LogP) is 3.98. The van der Waals surface area contributed by atoms with Crippen LogP contribution in [0.1, 0.15) is 10.4 Å². The van der Waals surface area contributed by atoms with E-state index < -0.39 is 9.84 Å². The van der Waals surface area contributed by atoms with Crippen LogP contribution in [0.4, 0.5) is 5.13 Å². The highest BCUT2D eigenvalue weighted by Crippen LogP contribution is 2.32. The molecule has 2 aromatic carbocycles. The number of rotatable bonds is 6. The second-order valence-electron chi connectivity index (χ2n) is 6.64. The van der Waals surface area contributed by atoms with Gasteiger partial charge < -0.3 is 4.90 Å². The first kappa shape index (κ1) is 23.6. The minimum absolute atomic E-state index is 0. The van der Waals surface area contributed by atoms with Crippen molar-refractivity contribution in [2.75, 3.05) is 38.3 Å². The van der Waals surface area contributed by atoms with Crippen LogP contribution < -0.4 is 4.90 Å². The van der Waals surface area contributed by atoms with Crippen molar-refractivity contribution in [1.29, 1.82) is 0 Å². The van der Waals surface area contributed by atoms with E-state index in [0.29, 0.717) is 39.0 Å². The van der Waals surface area contributed by atoms with Crippen molar-refractivity contribution in [1.82, 2.24) is 9.88 Å². The first-order valence-corrected chi connectivity index (χ1v) is 11.6. The second kappa shape index (κ2) is 9.40. The van der Waals surface area contributed by atoms with E-state index in [-0.39, 0.29) is 23.2 Å². The van der Waals surface area contributed by atoms with Gasteiger partial charge in [0.2, 0.25) is 0 Å². The molecule has 0 saturated heterocycles. The molecule has 156 valence electrons. The van der Waals surface area contributed by atoms with Crippen LogP contribution in [-0.2, 0) is 9.84 Å². The number of likely N-dealkylation sites (N-methyl/N-ethyl adjacent to an activating group) is 1. The summed E-state index contributed by atoms with van der Waals surface area (Å²) < 4.78 is 24.4. The van der Waals surface area contributed by atoms with Crippen LogP contribution in [0.3, 0.4) is 0 Å². The van der Waals surface area contributed by atoms with E-state index in [1.54, 1.807) is 41.3 Å². The van der Waals surface area contributed by atoms with E-state index in [2.05, 4.69) is 4.98 Å². The third-order valence-electron chi connectivity index (χ3n) is 4.13. The Morgan fingerprint density at radius 3 is 2.45 bits per heavy atom. The summed E-state index contributed by atoms with van der Waals surface area (Å²) in [6.07, 6.45) is 1.17. The average molecular weight is 474 g/mol. The highest BCUT2D eigenvalue weighted by Gasteiger charge is 2.23. The van der Waals surface area contributed by atoms with Crippen molar-refractivity contribution in [2.45, 2.75) is 4.90 Å². The standard InChI is InChI=1S/C19H20ClN3O3S2.ClH/c1-22(2)10-11-23(18(24)14-6-4-5-7-15(14)20)19-21-16-9-8-13(28(3,25)26)12-17(16)27-19;/h4-9,12H,10-11H2,1-3H3;1H. The fourth-order valence-corrected chi connectivity index (χ4v) is 4.57. The van der Waals surface area contributed by atoms with Crippen LogP contribution in [0, 0.1) is 0 Å². The van der Waals surface area contributed by atoms with Gasteiger partial charge in [0.1, 0.15) is 0 Å². The number of fused-ring (bicyclic) bond motifs is 1. The van der Waals surface area contributed by atoms with Crippen molar-refractivity contribution in [3.8, 4) is 0 Å². The van der Waals surface area contributed by atoms with Gasteiger partial charge in [0.25, 0.3) is 5.91 Å². The zero-order valence-electron chi connectivity index (χ0n) is 16.1. The summed E-state index contributed by atoms with van der Waals surface area (Å²) in [5.74, 6) is -0.241. The lowest BCUT2D eigenvalue weighted by Crippen LogP contribution is -2.36. The first-order chi connectivity index (χ1) is 13.2. The smallest absolute Gasteiger partial charge is 0.261 e. The summed E-state index contributed by atoms with van der Waals surface area (Å²) in [5, 5.41) is 0.884. The van der Waals surface area contributed by atoms with Crippen molar-refractivity contribution < 1.29 is 13.2 Å². The molecule has 10 heteroatoms. The fourth-order valence-electron chi connectivity index (χ4n) is 2.60. The fraction of sp³-hybridized carbons (Fsp3) is 0.263. The van der Waals surface area contributed by atoms with Crippen molar-refractivity contribution in [3.63, 3.8) is 0 Å². The van der Waals surface area contributed by atoms with Crippen LogP contribution in [0.2, 0.25) is 5.02 Å². The molecule has 0 fully saturated rings. The lowest BCUT2D eigenvalue weighted by atomic mass is 10.2. The topological polar surface area (TPSA) is 70.6 Å². The van der Waals surface area contributed by atoms with E-state index in [9.17, 15) is 13.2 Å². The number of halogens is 2. The summed E-state index contributed by atoms with van der Waals surface area (Å²) in [7, 11) is 0.534. The van der Waals surface area contributed by atoms with Gasteiger partial charge >= 0.3 is 0 Å². The quantitative estimate of drug-likeness (QED) is 0.541. The SMILES string of the molecule is CN(C)CCN(C(=O)c1ccccc1Cl)c1nc2ccc(S(C)(=O)=O)cc2s1.Cl. The Morgan fingerprint density at radius 1 is 1.14 bits per heavy atom. The summed E-state index contributed by atoms with van der Waals surface area (Å²) in [6, 6.07) is 11.7. The number of anilines is 1. The summed E-state index contributed by atoms with van der Waals surface area (Å²) in [5.41, 5.74) is 1.05. The minimum atomic E-state index is -3.32. The number of carbonyl (C=O) groups is 1. The monoisotopic (exact) mass is 473 g/mol. The molecule has 6 nitrogen and oxygen atoms in total. The van der Waals surface area contributed by atoms with Gasteiger partial charge in [0.05, 0.1) is 25.7 Å². The van der Waals surface area contributed by atoms with E-state index in [4.69, 9.17) is 11.6 Å². The molecule has 0 atom stereocenters. The number of sulfone groups is 1. The molecule has 3 aromatic rings. The van der Waals surface area contributed by atoms with Crippen LogP contribution in [0.25, 0.3) is 10.2 Å². The summed E-state index contributed by atoms with van der Waals surface area (Å²) in [6.45, 7) is 1.07. The van der Waals surface area contributed by atoms with Crippen LogP contribution in [-0.4, -0.2) is 57.6 Å². The molecule has 29 heavy (non-hydrogen) atoms. The van der Waals surface area contributed by atoms with Gasteiger partial charge in [0.15, 0.2) is 15.0 Å². The maximum atomic E-state index is 13.2. The van der Waals surface area contributed by atoms with E-state index >= 15 is 0 Å². The van der Waals surface area contributed by atoms with Crippen LogP contribution >= 0.6 is 35.3 Å². The zero-order chi connectivity index (χ0) is 20.5. The van der Waals surface area contributed by atoms with Crippen LogP contribution in [0.15, 0.2) is 47.4 Å². The van der Waals surface area contributed by atoms with Crippen LogP contribution in [0.5, 0.6) is 0 Å². The highest BCUT2D eigenvalue weighted by molar-refractivity contribution is 7.90. The van der Waals surface area contributed by atoms with Gasteiger partial charge in [-0.25, -0.2) is 13.4 Å². The van der Waals surface area contributed by atoms with Gasteiger partial charge in [-0.1, -0.05) is 35.1 Å². The van der Waals surface area contributed by atoms with E-state index in [1.165, 1.54) is 23.7 Å². The van der Waals surface area contributed by atoms with Gasteiger partial charge in [-0.2, -0.15) is 0 Å². The lowest BCUT2D eigenvalue weighted by molar-refractivity contribution is 0.0985.